The molecule has 0 atom stereocenters. The molecule has 0 aromatic carbocycles. The van der Waals surface area contributed by atoms with E-state index in [-0.39, 0.29) is 12.4 Å². The maximum atomic E-state index is 11.6. The Hall–Kier alpha value is -1.01. The lowest BCUT2D eigenvalue weighted by atomic mass is 10.2. The van der Waals surface area contributed by atoms with Crippen molar-refractivity contribution in [1.82, 2.24) is 0 Å². The van der Waals surface area contributed by atoms with Crippen LogP contribution in [0, 0.1) is 0 Å². The number of carbonyl (C=O) groups excluding carboxylic acids is 1. The van der Waals surface area contributed by atoms with Gasteiger partial charge in [-0.1, -0.05) is 6.92 Å². The summed E-state index contributed by atoms with van der Waals surface area (Å²) in [6.45, 7) is 19.9. The van der Waals surface area contributed by atoms with Crippen molar-refractivity contribution in [3.63, 3.8) is 0 Å². The topological polar surface area (TPSA) is 137 Å². The van der Waals surface area contributed by atoms with Gasteiger partial charge >= 0.3 is 5.97 Å². The van der Waals surface area contributed by atoms with Crippen molar-refractivity contribution in [3.8, 4) is 0 Å². The zero-order valence-electron chi connectivity index (χ0n) is 29.1. The predicted molar refractivity (Wildman–Crippen MR) is 171 cm³/mol. The minimum absolute atomic E-state index is 0.233. The molecule has 0 amide bonds. The first kappa shape index (κ1) is 45.0. The number of hydrogen-bond donors (Lipinski definition) is 0. The molecule has 0 saturated carbocycles. The standard InChI is InChI=1S/C32H64O14/c1-5-7-34-9-11-36-13-15-38-17-19-40-21-23-42-25-27-44-29-30-45-28-26-43-24-22-41-20-18-39-16-14-37-12-10-35-8-6-31(33)46-32(2,3)4/h5-30H2,1-4H3. The van der Waals surface area contributed by atoms with Crippen LogP contribution < -0.4 is 0 Å². The zero-order valence-corrected chi connectivity index (χ0v) is 29.1. The second-order valence-electron chi connectivity index (χ2n) is 10.7. The van der Waals surface area contributed by atoms with Crippen LogP contribution in [0.15, 0.2) is 0 Å². The summed E-state index contributed by atoms with van der Waals surface area (Å²) in [5.74, 6) is -0.264. The Bertz CT molecular complexity index is 606. The number of hydrogen-bond acceptors (Lipinski definition) is 14. The van der Waals surface area contributed by atoms with Crippen LogP contribution in [-0.4, -0.2) is 170 Å². The molecule has 0 bridgehead atoms. The fourth-order valence-electron chi connectivity index (χ4n) is 3.21. The van der Waals surface area contributed by atoms with Gasteiger partial charge < -0.3 is 61.6 Å². The molecule has 0 fully saturated rings. The fraction of sp³-hybridized carbons (Fsp3) is 0.969. The summed E-state index contributed by atoms with van der Waals surface area (Å²) in [5, 5.41) is 0. The predicted octanol–water partition coefficient (Wildman–Crippen LogP) is 2.33. The van der Waals surface area contributed by atoms with E-state index in [1.54, 1.807) is 0 Å². The molecule has 0 aromatic heterocycles. The van der Waals surface area contributed by atoms with Crippen LogP contribution in [-0.2, 0) is 66.4 Å². The molecule has 0 rings (SSSR count). The maximum absolute atomic E-state index is 11.6. The van der Waals surface area contributed by atoms with E-state index in [0.717, 1.165) is 13.0 Å². The highest BCUT2D eigenvalue weighted by Crippen LogP contribution is 2.08. The Kier molecular flexibility index (Phi) is 36.0. The fourth-order valence-corrected chi connectivity index (χ4v) is 3.21. The first-order valence-electron chi connectivity index (χ1n) is 16.6. The summed E-state index contributed by atoms with van der Waals surface area (Å²) in [6.07, 6.45) is 1.25. The summed E-state index contributed by atoms with van der Waals surface area (Å²) < 4.78 is 70.4. The Morgan fingerprint density at radius 2 is 0.543 bits per heavy atom. The lowest BCUT2D eigenvalue weighted by Gasteiger charge is -2.19. The average molecular weight is 673 g/mol. The largest absolute Gasteiger partial charge is 0.460 e. The molecule has 14 nitrogen and oxygen atoms in total. The van der Waals surface area contributed by atoms with Gasteiger partial charge in [0.05, 0.1) is 158 Å². The Morgan fingerprint density at radius 3 is 0.739 bits per heavy atom. The number of carbonyl (C=O) groups is 1. The quantitative estimate of drug-likeness (QED) is 0.0701. The first-order chi connectivity index (χ1) is 22.5. The lowest BCUT2D eigenvalue weighted by molar-refractivity contribution is -0.156. The summed E-state index contributed by atoms with van der Waals surface area (Å²) in [6, 6.07) is 0. The minimum atomic E-state index is -0.473. The summed E-state index contributed by atoms with van der Waals surface area (Å²) in [5.41, 5.74) is -0.473. The van der Waals surface area contributed by atoms with E-state index in [4.69, 9.17) is 61.6 Å². The Labute approximate surface area is 277 Å². The second kappa shape index (κ2) is 36.8. The van der Waals surface area contributed by atoms with Gasteiger partial charge in [-0.25, -0.2) is 0 Å². The van der Waals surface area contributed by atoms with Crippen molar-refractivity contribution in [2.24, 2.45) is 0 Å². The van der Waals surface area contributed by atoms with Crippen LogP contribution >= 0.6 is 0 Å². The Balaban J connectivity index is 3.09. The monoisotopic (exact) mass is 672 g/mol. The maximum Gasteiger partial charge on any atom is 0.308 e. The van der Waals surface area contributed by atoms with Gasteiger partial charge in [0.15, 0.2) is 0 Å². The van der Waals surface area contributed by atoms with Gasteiger partial charge in [-0.3, -0.25) is 4.79 Å². The van der Waals surface area contributed by atoms with Crippen molar-refractivity contribution < 1.29 is 66.4 Å². The van der Waals surface area contributed by atoms with Crippen LogP contribution in [0.1, 0.15) is 40.5 Å². The average Bonchev–Trinajstić information content (AvgIpc) is 3.01. The molecule has 0 aliphatic rings. The Morgan fingerprint density at radius 1 is 0.348 bits per heavy atom. The zero-order chi connectivity index (χ0) is 33.7. The van der Waals surface area contributed by atoms with Crippen LogP contribution in [0.5, 0.6) is 0 Å². The van der Waals surface area contributed by atoms with Gasteiger partial charge in [0.25, 0.3) is 0 Å². The molecule has 0 unspecified atom stereocenters. The van der Waals surface area contributed by atoms with E-state index in [9.17, 15) is 4.79 Å². The number of ether oxygens (including phenoxy) is 13. The van der Waals surface area contributed by atoms with Gasteiger partial charge in [-0.15, -0.1) is 0 Å². The van der Waals surface area contributed by atoms with E-state index < -0.39 is 5.60 Å². The first-order valence-corrected chi connectivity index (χ1v) is 16.6. The summed E-state index contributed by atoms with van der Waals surface area (Å²) in [4.78, 5) is 11.6. The molecule has 0 aliphatic carbocycles. The molecule has 0 radical (unpaired) electrons. The molecule has 14 heteroatoms. The summed E-state index contributed by atoms with van der Waals surface area (Å²) >= 11 is 0. The highest BCUT2D eigenvalue weighted by Gasteiger charge is 2.15. The third kappa shape index (κ3) is 41.0. The molecule has 0 aliphatic heterocycles. The van der Waals surface area contributed by atoms with Gasteiger partial charge in [0.2, 0.25) is 0 Å². The molecular weight excluding hydrogens is 608 g/mol. The molecule has 0 heterocycles. The molecule has 46 heavy (non-hydrogen) atoms. The molecular formula is C32H64O14. The molecule has 0 aromatic rings. The minimum Gasteiger partial charge on any atom is -0.460 e. The van der Waals surface area contributed by atoms with Gasteiger partial charge in [0.1, 0.15) is 5.60 Å². The van der Waals surface area contributed by atoms with Crippen molar-refractivity contribution >= 4 is 5.97 Å². The molecule has 0 N–H and O–H groups in total. The third-order valence-electron chi connectivity index (χ3n) is 5.31. The third-order valence-corrected chi connectivity index (χ3v) is 5.31. The van der Waals surface area contributed by atoms with E-state index >= 15 is 0 Å². The highest BCUT2D eigenvalue weighted by molar-refractivity contribution is 5.69. The SMILES string of the molecule is CCCOCCOCCOCCOCCOCCOCCOCCOCCOCCOCCOCCOCCC(=O)OC(C)(C)C. The highest BCUT2D eigenvalue weighted by atomic mass is 16.6. The van der Waals surface area contributed by atoms with Crippen LogP contribution in [0.3, 0.4) is 0 Å². The molecule has 276 valence electrons. The normalized spacial score (nSPS) is 11.8. The van der Waals surface area contributed by atoms with Crippen LogP contribution in [0.2, 0.25) is 0 Å². The van der Waals surface area contributed by atoms with Crippen molar-refractivity contribution in [1.29, 1.82) is 0 Å². The van der Waals surface area contributed by atoms with Crippen molar-refractivity contribution in [2.75, 3.05) is 159 Å². The van der Waals surface area contributed by atoms with E-state index in [1.165, 1.54) is 0 Å². The van der Waals surface area contributed by atoms with Crippen LogP contribution in [0.25, 0.3) is 0 Å². The summed E-state index contributed by atoms with van der Waals surface area (Å²) in [7, 11) is 0. The van der Waals surface area contributed by atoms with Crippen LogP contribution in [0.4, 0.5) is 0 Å². The van der Waals surface area contributed by atoms with Gasteiger partial charge in [0, 0.05) is 6.61 Å². The van der Waals surface area contributed by atoms with Crippen molar-refractivity contribution in [3.05, 3.63) is 0 Å². The lowest BCUT2D eigenvalue weighted by Crippen LogP contribution is -2.24. The van der Waals surface area contributed by atoms with E-state index in [1.807, 2.05) is 20.8 Å². The smallest absolute Gasteiger partial charge is 0.308 e. The van der Waals surface area contributed by atoms with E-state index in [2.05, 4.69) is 6.92 Å². The molecule has 0 spiro atoms. The number of rotatable bonds is 38. The van der Waals surface area contributed by atoms with Crippen molar-refractivity contribution in [2.45, 2.75) is 46.1 Å². The van der Waals surface area contributed by atoms with Gasteiger partial charge in [-0.2, -0.15) is 0 Å². The second-order valence-corrected chi connectivity index (χ2v) is 10.7. The van der Waals surface area contributed by atoms with E-state index in [0.29, 0.717) is 152 Å². The van der Waals surface area contributed by atoms with Gasteiger partial charge in [-0.05, 0) is 27.2 Å². The molecule has 0 saturated heterocycles. The number of esters is 1.